The molecule has 2 aromatic rings. The lowest BCUT2D eigenvalue weighted by molar-refractivity contribution is 0.380. The minimum atomic E-state index is 0.637. The van der Waals surface area contributed by atoms with Crippen molar-refractivity contribution >= 4 is 49.7 Å². The Kier molecular flexibility index (Phi) is 4.77. The van der Waals surface area contributed by atoms with Crippen LogP contribution in [0.5, 0.6) is 0 Å². The highest BCUT2D eigenvalue weighted by Crippen LogP contribution is 2.21. The number of halogens is 1. The third-order valence-electron chi connectivity index (χ3n) is 3.31. The standard InChI is InChI=1S/C13H16BrN5S2/c14-10-7-11(21-9-10)8-17-12(15)18-2-4-19(5-3-18)13-16-1-6-20-13/h1,6-7,9H,2-5,8H2,(H2,15,17). The first-order chi connectivity index (χ1) is 10.2. The van der Waals surface area contributed by atoms with E-state index in [0.717, 1.165) is 35.8 Å². The van der Waals surface area contributed by atoms with Crippen LogP contribution in [0.1, 0.15) is 4.88 Å². The number of piperazine rings is 1. The number of guanidine groups is 1. The van der Waals surface area contributed by atoms with Crippen LogP contribution in [0.15, 0.2) is 32.5 Å². The fourth-order valence-corrected chi connectivity index (χ4v) is 4.27. The Balaban J connectivity index is 1.53. The predicted octanol–water partition coefficient (Wildman–Crippen LogP) is 2.60. The molecule has 3 rings (SSSR count). The highest BCUT2D eigenvalue weighted by Gasteiger charge is 2.19. The predicted molar refractivity (Wildman–Crippen MR) is 93.2 cm³/mol. The van der Waals surface area contributed by atoms with E-state index < -0.39 is 0 Å². The van der Waals surface area contributed by atoms with E-state index in [0.29, 0.717) is 12.5 Å². The summed E-state index contributed by atoms with van der Waals surface area (Å²) in [5.41, 5.74) is 6.10. The summed E-state index contributed by atoms with van der Waals surface area (Å²) in [6.45, 7) is 4.31. The summed E-state index contributed by atoms with van der Waals surface area (Å²) < 4.78 is 1.10. The Morgan fingerprint density at radius 3 is 2.76 bits per heavy atom. The molecule has 0 aliphatic carbocycles. The summed E-state index contributed by atoms with van der Waals surface area (Å²) >= 11 is 6.83. The maximum absolute atomic E-state index is 6.10. The largest absolute Gasteiger partial charge is 0.370 e. The summed E-state index contributed by atoms with van der Waals surface area (Å²) in [7, 11) is 0. The van der Waals surface area contributed by atoms with Gasteiger partial charge in [0.15, 0.2) is 11.1 Å². The molecule has 2 aromatic heterocycles. The molecule has 5 nitrogen and oxygen atoms in total. The van der Waals surface area contributed by atoms with E-state index in [2.05, 4.69) is 47.2 Å². The first kappa shape index (κ1) is 14.8. The van der Waals surface area contributed by atoms with Gasteiger partial charge in [-0.3, -0.25) is 0 Å². The molecule has 0 aromatic carbocycles. The second-order valence-electron chi connectivity index (χ2n) is 4.69. The van der Waals surface area contributed by atoms with Gasteiger partial charge in [0.2, 0.25) is 0 Å². The molecule has 0 amide bonds. The maximum Gasteiger partial charge on any atom is 0.191 e. The number of aliphatic imine (C=N–C) groups is 1. The van der Waals surface area contributed by atoms with Gasteiger partial charge < -0.3 is 15.5 Å². The second kappa shape index (κ2) is 6.76. The van der Waals surface area contributed by atoms with Crippen molar-refractivity contribution in [2.75, 3.05) is 31.1 Å². The molecule has 2 N–H and O–H groups in total. The van der Waals surface area contributed by atoms with Crippen LogP contribution < -0.4 is 10.6 Å². The monoisotopic (exact) mass is 385 g/mol. The molecule has 21 heavy (non-hydrogen) atoms. The first-order valence-corrected chi connectivity index (χ1v) is 9.20. The van der Waals surface area contributed by atoms with Crippen molar-refractivity contribution in [3.05, 3.63) is 32.4 Å². The van der Waals surface area contributed by atoms with Gasteiger partial charge in [-0.25, -0.2) is 9.98 Å². The van der Waals surface area contributed by atoms with Gasteiger partial charge in [0, 0.05) is 52.5 Å². The summed E-state index contributed by atoms with van der Waals surface area (Å²) in [5, 5.41) is 5.17. The Morgan fingerprint density at radius 2 is 2.14 bits per heavy atom. The molecular formula is C13H16BrN5S2. The molecule has 0 saturated carbocycles. The van der Waals surface area contributed by atoms with Crippen molar-refractivity contribution in [1.82, 2.24) is 9.88 Å². The minimum absolute atomic E-state index is 0.637. The zero-order valence-corrected chi connectivity index (χ0v) is 14.6. The molecule has 0 radical (unpaired) electrons. The van der Waals surface area contributed by atoms with Gasteiger partial charge in [-0.1, -0.05) is 0 Å². The van der Waals surface area contributed by atoms with Crippen LogP contribution >= 0.6 is 38.6 Å². The van der Waals surface area contributed by atoms with Crippen molar-refractivity contribution in [2.45, 2.75) is 6.54 Å². The summed E-state index contributed by atoms with van der Waals surface area (Å²) in [6, 6.07) is 2.09. The molecule has 1 saturated heterocycles. The van der Waals surface area contributed by atoms with Crippen LogP contribution in [-0.2, 0) is 6.54 Å². The Hall–Kier alpha value is -1.12. The molecule has 0 atom stereocenters. The Bertz CT molecular complexity index is 602. The van der Waals surface area contributed by atoms with Gasteiger partial charge in [0.25, 0.3) is 0 Å². The van der Waals surface area contributed by atoms with E-state index in [-0.39, 0.29) is 0 Å². The van der Waals surface area contributed by atoms with Crippen LogP contribution in [0.3, 0.4) is 0 Å². The lowest BCUT2D eigenvalue weighted by Crippen LogP contribution is -2.51. The van der Waals surface area contributed by atoms with Gasteiger partial charge in [-0.15, -0.1) is 22.7 Å². The zero-order chi connectivity index (χ0) is 14.7. The number of hydrogen-bond acceptors (Lipinski definition) is 5. The van der Waals surface area contributed by atoms with Crippen molar-refractivity contribution in [3.8, 4) is 0 Å². The fourth-order valence-electron chi connectivity index (χ4n) is 2.19. The summed E-state index contributed by atoms with van der Waals surface area (Å²) in [4.78, 5) is 14.5. The third kappa shape index (κ3) is 3.75. The number of rotatable bonds is 3. The molecule has 3 heterocycles. The smallest absolute Gasteiger partial charge is 0.191 e. The highest BCUT2D eigenvalue weighted by atomic mass is 79.9. The SMILES string of the molecule is NC(=NCc1cc(Br)cs1)N1CCN(c2nccs2)CC1. The molecule has 0 bridgehead atoms. The van der Waals surface area contributed by atoms with Crippen LogP contribution in [0.2, 0.25) is 0 Å². The Morgan fingerprint density at radius 1 is 1.33 bits per heavy atom. The van der Waals surface area contributed by atoms with E-state index in [1.54, 1.807) is 22.7 Å². The second-order valence-corrected chi connectivity index (χ2v) is 7.48. The van der Waals surface area contributed by atoms with E-state index in [1.807, 2.05) is 11.6 Å². The fraction of sp³-hybridized carbons (Fsp3) is 0.385. The maximum atomic E-state index is 6.10. The van der Waals surface area contributed by atoms with E-state index in [9.17, 15) is 0 Å². The quantitative estimate of drug-likeness (QED) is 0.651. The van der Waals surface area contributed by atoms with Gasteiger partial charge >= 0.3 is 0 Å². The number of anilines is 1. The van der Waals surface area contributed by atoms with Crippen LogP contribution in [0.25, 0.3) is 0 Å². The van der Waals surface area contributed by atoms with Gasteiger partial charge in [-0.2, -0.15) is 0 Å². The molecular weight excluding hydrogens is 370 g/mol. The topological polar surface area (TPSA) is 57.8 Å². The molecule has 0 spiro atoms. The average Bonchev–Trinajstić information content (AvgIpc) is 3.16. The first-order valence-electron chi connectivity index (χ1n) is 6.64. The number of aromatic nitrogens is 1. The van der Waals surface area contributed by atoms with E-state index >= 15 is 0 Å². The van der Waals surface area contributed by atoms with Crippen molar-refractivity contribution < 1.29 is 0 Å². The van der Waals surface area contributed by atoms with E-state index in [1.165, 1.54) is 4.88 Å². The zero-order valence-electron chi connectivity index (χ0n) is 11.4. The molecule has 0 unspecified atom stereocenters. The minimum Gasteiger partial charge on any atom is -0.370 e. The molecule has 112 valence electrons. The van der Waals surface area contributed by atoms with Crippen LogP contribution in [0.4, 0.5) is 5.13 Å². The van der Waals surface area contributed by atoms with Gasteiger partial charge in [0.05, 0.1) is 6.54 Å². The molecule has 1 aliphatic heterocycles. The summed E-state index contributed by atoms with van der Waals surface area (Å²) in [5.74, 6) is 0.637. The van der Waals surface area contributed by atoms with Gasteiger partial charge in [-0.05, 0) is 22.0 Å². The molecule has 1 aliphatic rings. The van der Waals surface area contributed by atoms with Gasteiger partial charge in [0.1, 0.15) is 0 Å². The Labute approximate surface area is 140 Å². The number of thiazole rings is 1. The third-order valence-corrected chi connectivity index (χ3v) is 5.83. The summed E-state index contributed by atoms with van der Waals surface area (Å²) in [6.07, 6.45) is 1.85. The number of hydrogen-bond donors (Lipinski definition) is 1. The highest BCUT2D eigenvalue weighted by molar-refractivity contribution is 9.10. The van der Waals surface area contributed by atoms with Crippen molar-refractivity contribution in [2.24, 2.45) is 10.7 Å². The van der Waals surface area contributed by atoms with E-state index in [4.69, 9.17) is 5.73 Å². The number of thiophene rings is 1. The average molecular weight is 386 g/mol. The van der Waals surface area contributed by atoms with Crippen LogP contribution in [-0.4, -0.2) is 42.0 Å². The normalized spacial score (nSPS) is 16.5. The van der Waals surface area contributed by atoms with Crippen LogP contribution in [0, 0.1) is 0 Å². The number of nitrogens with two attached hydrogens (primary N) is 1. The van der Waals surface area contributed by atoms with Crippen molar-refractivity contribution in [1.29, 1.82) is 0 Å². The van der Waals surface area contributed by atoms with Crippen molar-refractivity contribution in [3.63, 3.8) is 0 Å². The molecule has 8 heteroatoms. The number of nitrogens with zero attached hydrogens (tertiary/aromatic N) is 4. The lowest BCUT2D eigenvalue weighted by Gasteiger charge is -2.35. The molecule has 1 fully saturated rings. The lowest BCUT2D eigenvalue weighted by atomic mass is 10.3.